The second-order valence-corrected chi connectivity index (χ2v) is 8.27. The van der Waals surface area contributed by atoms with E-state index in [2.05, 4.69) is 20.0 Å². The van der Waals surface area contributed by atoms with Crippen molar-refractivity contribution in [2.75, 3.05) is 12.4 Å². The summed E-state index contributed by atoms with van der Waals surface area (Å²) in [6.07, 6.45) is -4.70. The number of halogens is 6. The maximum Gasteiger partial charge on any atom is 0.573 e. The summed E-state index contributed by atoms with van der Waals surface area (Å²) in [5.74, 6) is -3.55. The largest absolute Gasteiger partial charge is 0.573 e. The van der Waals surface area contributed by atoms with Gasteiger partial charge in [-0.05, 0) is 48.9 Å². The number of pyridine rings is 1. The van der Waals surface area contributed by atoms with Crippen molar-refractivity contribution in [1.82, 2.24) is 4.98 Å². The van der Waals surface area contributed by atoms with Crippen LogP contribution in [0.4, 0.5) is 23.4 Å². The Morgan fingerprint density at radius 2 is 1.76 bits per heavy atom. The molecule has 1 heterocycles. The van der Waals surface area contributed by atoms with Crippen molar-refractivity contribution in [3.05, 3.63) is 86.8 Å². The molecule has 0 unspecified atom stereocenters. The van der Waals surface area contributed by atoms with Gasteiger partial charge in [0.05, 0.1) is 10.6 Å². The number of ether oxygens (including phenoxy) is 1. The summed E-state index contributed by atoms with van der Waals surface area (Å²) in [6.45, 7) is 1.64. The Labute approximate surface area is 220 Å². The van der Waals surface area contributed by atoms with Crippen LogP contribution in [0.5, 0.6) is 5.75 Å². The number of Topliss-reactive ketones (excluding diaryl/α,β-unsaturated/α-hetero) is 1. The van der Waals surface area contributed by atoms with Crippen LogP contribution in [0, 0.1) is 5.82 Å². The van der Waals surface area contributed by atoms with Crippen molar-refractivity contribution in [1.29, 1.82) is 0 Å². The first-order valence-corrected chi connectivity index (χ1v) is 10.9. The maximum atomic E-state index is 14.7. The molecule has 1 aromatic heterocycles. The molecule has 1 amide bonds. The third-order valence-electron chi connectivity index (χ3n) is 4.97. The number of rotatable bonds is 7. The molecular weight excluding hydrogens is 537 g/mol. The second kappa shape index (κ2) is 12.2. The zero-order valence-electron chi connectivity index (χ0n) is 18.7. The van der Waals surface area contributed by atoms with Gasteiger partial charge in [-0.3, -0.25) is 14.6 Å². The molecule has 0 aliphatic rings. The molecule has 0 radical (unpaired) electrons. The van der Waals surface area contributed by atoms with E-state index in [1.165, 1.54) is 37.5 Å². The molecule has 37 heavy (non-hydrogen) atoms. The van der Waals surface area contributed by atoms with E-state index in [0.717, 1.165) is 18.2 Å². The molecule has 0 saturated carbocycles. The zero-order chi connectivity index (χ0) is 26.6. The summed E-state index contributed by atoms with van der Waals surface area (Å²) < 4.78 is 58.1. The quantitative estimate of drug-likeness (QED) is 0.189. The minimum absolute atomic E-state index is 0. The number of benzene rings is 2. The lowest BCUT2D eigenvalue weighted by Gasteiger charge is -2.17. The summed E-state index contributed by atoms with van der Waals surface area (Å²) in [4.78, 5) is 33.7. The van der Waals surface area contributed by atoms with Gasteiger partial charge in [-0.15, -0.1) is 13.2 Å². The van der Waals surface area contributed by atoms with Crippen molar-refractivity contribution < 1.29 is 31.9 Å². The fourth-order valence-corrected chi connectivity index (χ4v) is 3.52. The highest BCUT2D eigenvalue weighted by molar-refractivity contribution is 6.31. The van der Waals surface area contributed by atoms with E-state index in [0.29, 0.717) is 11.3 Å². The fourth-order valence-electron chi connectivity index (χ4n) is 3.20. The fraction of sp³-hybridized carbons (Fsp3) is 0.200. The number of carbonyl (C=O) groups is 2. The Hall–Kier alpha value is -3.50. The number of aliphatic imine (C=N–C) groups is 1. The average molecular weight is 558 g/mol. The van der Waals surface area contributed by atoms with E-state index in [9.17, 15) is 27.2 Å². The van der Waals surface area contributed by atoms with E-state index >= 15 is 0 Å². The molecular formula is C25H21Cl2F4N3O3. The molecule has 0 aliphatic heterocycles. The number of nitrogens with one attached hydrogen (secondary N) is 1. The monoisotopic (exact) mass is 557 g/mol. The van der Waals surface area contributed by atoms with Crippen molar-refractivity contribution in [3.8, 4) is 5.75 Å². The van der Waals surface area contributed by atoms with Crippen LogP contribution in [-0.2, 0) is 6.42 Å². The number of hydrogen-bond donors (Lipinski definition) is 1. The lowest BCUT2D eigenvalue weighted by Crippen LogP contribution is -2.22. The highest BCUT2D eigenvalue weighted by atomic mass is 35.5. The SMILES string of the molecule is C.CN=C(C)c1ccc(C(=O)Cc2c(OC(F)(F)F)cc(Cl)cc2C(=O)Nc2ccc(Cl)cn2)c(F)c1. The predicted octanol–water partition coefficient (Wildman–Crippen LogP) is 7.18. The van der Waals surface area contributed by atoms with Gasteiger partial charge < -0.3 is 10.1 Å². The van der Waals surface area contributed by atoms with E-state index in [1.807, 2.05) is 0 Å². The van der Waals surface area contributed by atoms with Crippen LogP contribution < -0.4 is 10.1 Å². The molecule has 1 N–H and O–H groups in total. The third kappa shape index (κ3) is 7.74. The van der Waals surface area contributed by atoms with Crippen molar-refractivity contribution in [2.45, 2.75) is 27.1 Å². The summed E-state index contributed by atoms with van der Waals surface area (Å²) in [5, 5.41) is 2.42. The minimum Gasteiger partial charge on any atom is -0.405 e. The van der Waals surface area contributed by atoms with Crippen LogP contribution in [-0.4, -0.2) is 35.8 Å². The molecule has 0 bridgehead atoms. The van der Waals surface area contributed by atoms with Gasteiger partial charge in [-0.1, -0.05) is 36.7 Å². The Kier molecular flexibility index (Phi) is 9.77. The van der Waals surface area contributed by atoms with E-state index in [4.69, 9.17) is 23.2 Å². The van der Waals surface area contributed by atoms with Crippen molar-refractivity contribution in [2.24, 2.45) is 4.99 Å². The molecule has 196 valence electrons. The number of hydrogen-bond acceptors (Lipinski definition) is 5. The number of nitrogens with zero attached hydrogens (tertiary/aromatic N) is 2. The van der Waals surface area contributed by atoms with Crippen molar-refractivity contribution >= 4 is 46.4 Å². The van der Waals surface area contributed by atoms with Crippen LogP contribution in [0.15, 0.2) is 53.7 Å². The highest BCUT2D eigenvalue weighted by Crippen LogP contribution is 2.34. The van der Waals surface area contributed by atoms with Gasteiger partial charge in [0, 0.05) is 41.5 Å². The Morgan fingerprint density at radius 3 is 2.32 bits per heavy atom. The molecule has 6 nitrogen and oxygen atoms in total. The second-order valence-electron chi connectivity index (χ2n) is 7.40. The van der Waals surface area contributed by atoms with Crippen LogP contribution in [0.3, 0.4) is 0 Å². The lowest BCUT2D eigenvalue weighted by molar-refractivity contribution is -0.274. The zero-order valence-corrected chi connectivity index (χ0v) is 20.2. The smallest absolute Gasteiger partial charge is 0.405 e. The summed E-state index contributed by atoms with van der Waals surface area (Å²) in [5.41, 5.74) is -0.280. The minimum atomic E-state index is -5.15. The molecule has 0 saturated heterocycles. The van der Waals surface area contributed by atoms with E-state index < -0.39 is 47.2 Å². The first-order valence-electron chi connectivity index (χ1n) is 10.2. The molecule has 0 fully saturated rings. The van der Waals surface area contributed by atoms with Crippen LogP contribution in [0.1, 0.15) is 46.2 Å². The van der Waals surface area contributed by atoms with Gasteiger partial charge in [-0.25, -0.2) is 9.37 Å². The van der Waals surface area contributed by atoms with Crippen molar-refractivity contribution in [3.63, 3.8) is 0 Å². The number of aromatic nitrogens is 1. The Bertz CT molecular complexity index is 1340. The molecule has 12 heteroatoms. The molecule has 0 spiro atoms. The van der Waals surface area contributed by atoms with Gasteiger partial charge in [0.15, 0.2) is 5.78 Å². The topological polar surface area (TPSA) is 80.6 Å². The van der Waals surface area contributed by atoms with Gasteiger partial charge >= 0.3 is 6.36 Å². The van der Waals surface area contributed by atoms with Gasteiger partial charge in [0.25, 0.3) is 5.91 Å². The number of ketones is 1. The number of carbonyl (C=O) groups excluding carboxylic acids is 2. The van der Waals surface area contributed by atoms with Crippen LogP contribution >= 0.6 is 23.2 Å². The molecule has 0 aliphatic carbocycles. The summed E-state index contributed by atoms with van der Waals surface area (Å²) in [6, 6.07) is 8.41. The Morgan fingerprint density at radius 1 is 1.05 bits per heavy atom. The van der Waals surface area contributed by atoms with Gasteiger partial charge in [0.2, 0.25) is 0 Å². The van der Waals surface area contributed by atoms with E-state index in [-0.39, 0.29) is 28.9 Å². The maximum absolute atomic E-state index is 14.7. The first kappa shape index (κ1) is 29.7. The normalized spacial score (nSPS) is 11.5. The van der Waals surface area contributed by atoms with Gasteiger partial charge in [-0.2, -0.15) is 0 Å². The molecule has 2 aromatic carbocycles. The number of amides is 1. The molecule has 3 aromatic rings. The average Bonchev–Trinajstić information content (AvgIpc) is 2.80. The first-order chi connectivity index (χ1) is 16.9. The predicted molar refractivity (Wildman–Crippen MR) is 135 cm³/mol. The van der Waals surface area contributed by atoms with Crippen LogP contribution in [0.2, 0.25) is 10.0 Å². The summed E-state index contributed by atoms with van der Waals surface area (Å²) >= 11 is 11.7. The number of anilines is 1. The van der Waals surface area contributed by atoms with Crippen LogP contribution in [0.25, 0.3) is 0 Å². The summed E-state index contributed by atoms with van der Waals surface area (Å²) in [7, 11) is 1.52. The van der Waals surface area contributed by atoms with E-state index in [1.54, 1.807) is 6.92 Å². The molecule has 3 rings (SSSR count). The molecule has 0 atom stereocenters. The standard InChI is InChI=1S/C24H17Cl2F4N3O3.CH4/c1-12(31-2)13-3-5-16(19(27)7-13)20(34)10-17-18(8-15(26)9-21(17)36-24(28,29)30)23(35)33-22-6-4-14(25)11-32-22;/h3-9,11H,10H2,1-2H3,(H,32,33,35);1H4. The number of alkyl halides is 3. The third-order valence-corrected chi connectivity index (χ3v) is 5.41. The van der Waals surface area contributed by atoms with Gasteiger partial charge in [0.1, 0.15) is 17.4 Å². The Balaban J connectivity index is 0.00000481. The lowest BCUT2D eigenvalue weighted by atomic mass is 9.96. The highest BCUT2D eigenvalue weighted by Gasteiger charge is 2.34.